The van der Waals surface area contributed by atoms with Crippen LogP contribution in [0.2, 0.25) is 0 Å². The van der Waals surface area contributed by atoms with E-state index in [-0.39, 0.29) is 24.0 Å². The second-order valence-corrected chi connectivity index (χ2v) is 5.25. The number of unbranched alkanes of at least 4 members (excludes halogenated alkanes) is 4. The van der Waals surface area contributed by atoms with Gasteiger partial charge in [-0.3, -0.25) is 9.59 Å². The van der Waals surface area contributed by atoms with Gasteiger partial charge in [-0.15, -0.1) is 0 Å². The van der Waals surface area contributed by atoms with Crippen molar-refractivity contribution in [2.45, 2.75) is 70.8 Å². The lowest BCUT2D eigenvalue weighted by Gasteiger charge is -2.35. The lowest BCUT2D eigenvalue weighted by Crippen LogP contribution is -2.44. The number of hydrogen-bond acceptors (Lipinski definition) is 4. The minimum atomic E-state index is -0.121. The van der Waals surface area contributed by atoms with E-state index in [1.54, 1.807) is 0 Å². The maximum absolute atomic E-state index is 11.2. The van der Waals surface area contributed by atoms with Crippen molar-refractivity contribution in [1.29, 1.82) is 0 Å². The highest BCUT2D eigenvalue weighted by molar-refractivity contribution is 5.78. The molecule has 0 aliphatic carbocycles. The molecule has 1 aliphatic rings. The van der Waals surface area contributed by atoms with Gasteiger partial charge in [0, 0.05) is 6.42 Å². The Morgan fingerprint density at radius 2 is 1.84 bits per heavy atom. The Hall–Kier alpha value is -1.06. The summed E-state index contributed by atoms with van der Waals surface area (Å²) < 4.78 is 9.77. The molecule has 19 heavy (non-hydrogen) atoms. The van der Waals surface area contributed by atoms with E-state index in [0.29, 0.717) is 6.42 Å². The van der Waals surface area contributed by atoms with E-state index in [4.69, 9.17) is 4.74 Å². The van der Waals surface area contributed by atoms with E-state index >= 15 is 0 Å². The average Bonchev–Trinajstić information content (AvgIpc) is 2.42. The molecule has 0 bridgehead atoms. The number of hydrogen-bond donors (Lipinski definition) is 0. The van der Waals surface area contributed by atoms with E-state index in [0.717, 1.165) is 51.4 Å². The van der Waals surface area contributed by atoms with E-state index in [9.17, 15) is 9.59 Å². The van der Waals surface area contributed by atoms with Crippen LogP contribution in [0.25, 0.3) is 0 Å². The van der Waals surface area contributed by atoms with Gasteiger partial charge in [0.15, 0.2) is 0 Å². The molecule has 1 fully saturated rings. The quantitative estimate of drug-likeness (QED) is 0.452. The van der Waals surface area contributed by atoms with Crippen LogP contribution in [0.15, 0.2) is 0 Å². The summed E-state index contributed by atoms with van der Waals surface area (Å²) >= 11 is 0. The highest BCUT2D eigenvalue weighted by atomic mass is 16.6. The molecule has 0 spiro atoms. The topological polar surface area (TPSA) is 52.6 Å². The number of carbonyl (C=O) groups excluding carboxylic acids is 2. The maximum atomic E-state index is 11.2. The summed E-state index contributed by atoms with van der Waals surface area (Å²) in [7, 11) is 1.43. The SMILES string of the molecule is CCC[C@@H]1C(=O)O[C@H]1CCCCCCCC(=O)OC. The molecule has 0 radical (unpaired) electrons. The lowest BCUT2D eigenvalue weighted by atomic mass is 9.88. The van der Waals surface area contributed by atoms with Gasteiger partial charge in [0.2, 0.25) is 0 Å². The normalized spacial score (nSPS) is 21.7. The fourth-order valence-electron chi connectivity index (χ4n) is 2.52. The van der Waals surface area contributed by atoms with Crippen molar-refractivity contribution in [2.24, 2.45) is 5.92 Å². The fourth-order valence-corrected chi connectivity index (χ4v) is 2.52. The fraction of sp³-hybridized carbons (Fsp3) is 0.867. The van der Waals surface area contributed by atoms with Crippen molar-refractivity contribution in [2.75, 3.05) is 7.11 Å². The molecule has 0 N–H and O–H groups in total. The Morgan fingerprint density at radius 3 is 2.47 bits per heavy atom. The number of esters is 2. The van der Waals surface area contributed by atoms with Gasteiger partial charge >= 0.3 is 11.9 Å². The van der Waals surface area contributed by atoms with E-state index in [1.165, 1.54) is 7.11 Å². The van der Waals surface area contributed by atoms with Crippen molar-refractivity contribution < 1.29 is 19.1 Å². The summed E-state index contributed by atoms with van der Waals surface area (Å²) in [4.78, 5) is 22.1. The van der Waals surface area contributed by atoms with E-state index < -0.39 is 0 Å². The zero-order valence-corrected chi connectivity index (χ0v) is 12.2. The van der Waals surface area contributed by atoms with Crippen molar-refractivity contribution in [1.82, 2.24) is 0 Å². The number of carbonyl (C=O) groups is 2. The van der Waals surface area contributed by atoms with Gasteiger partial charge < -0.3 is 9.47 Å². The summed E-state index contributed by atoms with van der Waals surface area (Å²) in [5.74, 6) is 0.0260. The van der Waals surface area contributed by atoms with E-state index in [1.807, 2.05) is 0 Å². The molecule has 0 aromatic heterocycles. The second kappa shape index (κ2) is 8.94. The first-order valence-corrected chi connectivity index (χ1v) is 7.46. The minimum Gasteiger partial charge on any atom is -0.469 e. The maximum Gasteiger partial charge on any atom is 0.313 e. The third-order valence-electron chi connectivity index (χ3n) is 3.72. The van der Waals surface area contributed by atoms with Crippen molar-refractivity contribution in [3.8, 4) is 0 Å². The minimum absolute atomic E-state index is 0.00933. The van der Waals surface area contributed by atoms with Gasteiger partial charge in [-0.2, -0.15) is 0 Å². The molecule has 0 saturated carbocycles. The Balaban J connectivity index is 1.94. The predicted molar refractivity (Wildman–Crippen MR) is 72.6 cm³/mol. The number of cyclic esters (lactones) is 1. The van der Waals surface area contributed by atoms with Crippen LogP contribution in [0.3, 0.4) is 0 Å². The molecule has 4 heteroatoms. The van der Waals surface area contributed by atoms with Gasteiger partial charge in [0.25, 0.3) is 0 Å². The van der Waals surface area contributed by atoms with Gasteiger partial charge in [-0.25, -0.2) is 0 Å². The van der Waals surface area contributed by atoms with Crippen LogP contribution >= 0.6 is 0 Å². The van der Waals surface area contributed by atoms with Gasteiger partial charge in [-0.1, -0.05) is 32.6 Å². The summed E-state index contributed by atoms with van der Waals surface area (Å²) in [6.07, 6.45) is 9.06. The zero-order chi connectivity index (χ0) is 14.1. The van der Waals surface area contributed by atoms with Crippen LogP contribution in [0.1, 0.15) is 64.7 Å². The third-order valence-corrected chi connectivity index (χ3v) is 3.72. The molecule has 1 saturated heterocycles. The Labute approximate surface area is 115 Å². The Kier molecular flexibility index (Phi) is 7.53. The Bertz CT molecular complexity index is 288. The molecule has 2 atom stereocenters. The summed E-state index contributed by atoms with van der Waals surface area (Å²) in [5.41, 5.74) is 0. The zero-order valence-electron chi connectivity index (χ0n) is 12.2. The molecular formula is C15H26O4. The molecule has 1 heterocycles. The molecule has 0 aromatic rings. The number of rotatable bonds is 10. The second-order valence-electron chi connectivity index (χ2n) is 5.25. The lowest BCUT2D eigenvalue weighted by molar-refractivity contribution is -0.186. The van der Waals surface area contributed by atoms with Gasteiger partial charge in [0.1, 0.15) is 6.10 Å². The van der Waals surface area contributed by atoms with Crippen LogP contribution < -0.4 is 0 Å². The first-order chi connectivity index (χ1) is 9.19. The van der Waals surface area contributed by atoms with E-state index in [2.05, 4.69) is 11.7 Å². The largest absolute Gasteiger partial charge is 0.469 e. The van der Waals surface area contributed by atoms with Crippen LogP contribution in [-0.4, -0.2) is 25.2 Å². The molecule has 0 amide bonds. The Morgan fingerprint density at radius 1 is 1.16 bits per heavy atom. The molecule has 1 aliphatic heterocycles. The smallest absolute Gasteiger partial charge is 0.313 e. The molecular weight excluding hydrogens is 244 g/mol. The number of methoxy groups -OCH3 is 1. The molecule has 110 valence electrons. The first kappa shape index (κ1) is 16.0. The van der Waals surface area contributed by atoms with Crippen molar-refractivity contribution >= 4 is 11.9 Å². The predicted octanol–water partition coefficient (Wildman–Crippen LogP) is 3.23. The molecule has 1 rings (SSSR count). The first-order valence-electron chi connectivity index (χ1n) is 7.46. The van der Waals surface area contributed by atoms with Gasteiger partial charge in [-0.05, 0) is 25.7 Å². The van der Waals surface area contributed by atoms with Crippen LogP contribution in [0, 0.1) is 5.92 Å². The standard InChI is InChI=1S/C15H26O4/c1-3-9-12-13(19-15(12)17)10-7-5-4-6-8-11-14(16)18-2/h12-13H,3-11H2,1-2H3/t12-,13-/m0/s1. The highest BCUT2D eigenvalue weighted by Crippen LogP contribution is 2.30. The molecule has 0 unspecified atom stereocenters. The number of ether oxygens (including phenoxy) is 2. The summed E-state index contributed by atoms with van der Waals surface area (Å²) in [6, 6.07) is 0. The summed E-state index contributed by atoms with van der Waals surface area (Å²) in [5, 5.41) is 0. The van der Waals surface area contributed by atoms with Crippen LogP contribution in [0.4, 0.5) is 0 Å². The third kappa shape index (κ3) is 5.62. The van der Waals surface area contributed by atoms with Crippen LogP contribution in [0.5, 0.6) is 0 Å². The van der Waals surface area contributed by atoms with Gasteiger partial charge in [0.05, 0.1) is 13.0 Å². The molecule has 0 aromatic carbocycles. The van der Waals surface area contributed by atoms with Crippen molar-refractivity contribution in [3.63, 3.8) is 0 Å². The van der Waals surface area contributed by atoms with Crippen molar-refractivity contribution in [3.05, 3.63) is 0 Å². The highest BCUT2D eigenvalue weighted by Gasteiger charge is 2.40. The monoisotopic (exact) mass is 270 g/mol. The summed E-state index contributed by atoms with van der Waals surface area (Å²) in [6.45, 7) is 2.10. The molecule has 4 nitrogen and oxygen atoms in total. The average molecular weight is 270 g/mol. The van der Waals surface area contributed by atoms with Crippen LogP contribution in [-0.2, 0) is 19.1 Å².